The van der Waals surface area contributed by atoms with Gasteiger partial charge in [0, 0.05) is 5.56 Å². The summed E-state index contributed by atoms with van der Waals surface area (Å²) in [4.78, 5) is 0. The number of benzene rings is 2. The molecule has 0 aliphatic heterocycles. The van der Waals surface area contributed by atoms with Gasteiger partial charge in [-0.3, -0.25) is 5.10 Å². The summed E-state index contributed by atoms with van der Waals surface area (Å²) in [7, 11) is 1.66. The van der Waals surface area contributed by atoms with Crippen molar-refractivity contribution in [1.29, 1.82) is 0 Å². The van der Waals surface area contributed by atoms with Gasteiger partial charge < -0.3 is 4.74 Å². The number of fused-ring (bicyclic) bond motifs is 1. The van der Waals surface area contributed by atoms with Crippen molar-refractivity contribution in [2.24, 2.45) is 0 Å². The molecule has 5 heteroatoms. The fourth-order valence-electron chi connectivity index (χ4n) is 2.01. The maximum Gasteiger partial charge on any atom is 0.147 e. The highest BCUT2D eigenvalue weighted by Crippen LogP contribution is 2.30. The van der Waals surface area contributed by atoms with E-state index in [0.717, 1.165) is 27.8 Å². The molecular formula is C13H11N3OS. The van der Waals surface area contributed by atoms with Gasteiger partial charge in [-0.2, -0.15) is 5.10 Å². The topological polar surface area (TPSA) is 53.7 Å². The third-order valence-corrected chi connectivity index (χ3v) is 3.19. The van der Waals surface area contributed by atoms with Crippen molar-refractivity contribution in [3.8, 4) is 17.0 Å². The summed E-state index contributed by atoms with van der Waals surface area (Å²) >= 11 is 5.21. The van der Waals surface area contributed by atoms with Crippen LogP contribution >= 0.6 is 12.2 Å². The van der Waals surface area contributed by atoms with Gasteiger partial charge in [0.1, 0.15) is 16.1 Å². The van der Waals surface area contributed by atoms with Crippen LogP contribution in [0.2, 0.25) is 0 Å². The van der Waals surface area contributed by atoms with Gasteiger partial charge in [0.15, 0.2) is 0 Å². The van der Waals surface area contributed by atoms with E-state index in [0.29, 0.717) is 4.64 Å². The number of aromatic amines is 2. The summed E-state index contributed by atoms with van der Waals surface area (Å²) in [6.07, 6.45) is 0. The minimum atomic E-state index is 0.602. The normalized spacial score (nSPS) is 10.7. The van der Waals surface area contributed by atoms with Gasteiger partial charge in [-0.25, -0.2) is 5.21 Å². The highest BCUT2D eigenvalue weighted by molar-refractivity contribution is 7.71. The molecule has 0 aliphatic rings. The first kappa shape index (κ1) is 11.0. The summed E-state index contributed by atoms with van der Waals surface area (Å²) in [6.45, 7) is 0. The van der Waals surface area contributed by atoms with Crippen LogP contribution in [0, 0.1) is 4.64 Å². The largest absolute Gasteiger partial charge is 0.497 e. The van der Waals surface area contributed by atoms with Gasteiger partial charge in [-0.1, -0.05) is 36.5 Å². The van der Waals surface area contributed by atoms with Crippen LogP contribution in [0.5, 0.6) is 5.75 Å². The lowest BCUT2D eigenvalue weighted by Crippen LogP contribution is -1.86. The molecular weight excluding hydrogens is 246 g/mol. The minimum absolute atomic E-state index is 0.602. The lowest BCUT2D eigenvalue weighted by Gasteiger charge is -2.06. The Kier molecular flexibility index (Phi) is 2.60. The molecule has 1 aromatic heterocycles. The first-order valence-corrected chi connectivity index (χ1v) is 5.90. The highest BCUT2D eigenvalue weighted by atomic mass is 32.1. The number of aromatic nitrogens is 3. The van der Waals surface area contributed by atoms with E-state index in [1.807, 2.05) is 30.3 Å². The van der Waals surface area contributed by atoms with Crippen LogP contribution in [0.3, 0.4) is 0 Å². The zero-order valence-corrected chi connectivity index (χ0v) is 10.5. The molecule has 0 amide bonds. The molecule has 4 nitrogen and oxygen atoms in total. The lowest BCUT2D eigenvalue weighted by atomic mass is 10.0. The average molecular weight is 257 g/mol. The molecule has 3 rings (SSSR count). The number of hydrogen-bond acceptors (Lipinski definition) is 3. The maximum absolute atomic E-state index is 5.26. The van der Waals surface area contributed by atoms with Crippen LogP contribution in [-0.4, -0.2) is 22.5 Å². The number of nitrogens with one attached hydrogen (secondary N) is 2. The Morgan fingerprint density at radius 2 is 2.11 bits per heavy atom. The second-order valence-electron chi connectivity index (χ2n) is 3.92. The lowest BCUT2D eigenvalue weighted by molar-refractivity contribution is 0.415. The van der Waals surface area contributed by atoms with Crippen LogP contribution in [0.15, 0.2) is 36.4 Å². The van der Waals surface area contributed by atoms with Gasteiger partial charge in [0.25, 0.3) is 0 Å². The summed E-state index contributed by atoms with van der Waals surface area (Å²) in [5, 5.41) is 11.9. The molecule has 0 bridgehead atoms. The van der Waals surface area contributed by atoms with Crippen LogP contribution < -0.4 is 4.74 Å². The van der Waals surface area contributed by atoms with Gasteiger partial charge >= 0.3 is 0 Å². The van der Waals surface area contributed by atoms with E-state index in [2.05, 4.69) is 21.5 Å². The Balaban J connectivity index is 2.35. The number of methoxy groups -OCH3 is 1. The Morgan fingerprint density at radius 1 is 1.22 bits per heavy atom. The molecule has 90 valence electrons. The van der Waals surface area contributed by atoms with Crippen molar-refractivity contribution < 1.29 is 4.74 Å². The molecule has 3 aromatic rings. The molecule has 0 saturated carbocycles. The molecule has 1 heterocycles. The van der Waals surface area contributed by atoms with E-state index in [1.165, 1.54) is 0 Å². The number of rotatable bonds is 2. The van der Waals surface area contributed by atoms with Gasteiger partial charge in [-0.05, 0) is 22.9 Å². The Bertz CT molecular complexity index is 760. The zero-order chi connectivity index (χ0) is 12.5. The molecule has 0 fully saturated rings. The average Bonchev–Trinajstić information content (AvgIpc) is 2.83. The Morgan fingerprint density at radius 3 is 2.83 bits per heavy atom. The smallest absolute Gasteiger partial charge is 0.147 e. The van der Waals surface area contributed by atoms with E-state index in [-0.39, 0.29) is 0 Å². The number of hydrogen-bond donors (Lipinski definition) is 2. The Labute approximate surface area is 109 Å². The SMILES string of the molecule is COc1ccc2cccc(-c3n[nH][nH]c3=S)c2c1. The second kappa shape index (κ2) is 4.27. The predicted octanol–water partition coefficient (Wildman–Crippen LogP) is 3.30. The quantitative estimate of drug-likeness (QED) is 0.693. The molecule has 0 unspecified atom stereocenters. The molecule has 2 N–H and O–H groups in total. The predicted molar refractivity (Wildman–Crippen MR) is 73.3 cm³/mol. The van der Waals surface area contributed by atoms with Gasteiger partial charge in [0.2, 0.25) is 0 Å². The Hall–Kier alpha value is -2.14. The van der Waals surface area contributed by atoms with Gasteiger partial charge in [-0.15, -0.1) is 0 Å². The van der Waals surface area contributed by atoms with Crippen LogP contribution in [0.4, 0.5) is 0 Å². The van der Waals surface area contributed by atoms with Crippen LogP contribution in [-0.2, 0) is 0 Å². The summed E-state index contributed by atoms with van der Waals surface area (Å²) in [5.41, 5.74) is 1.75. The monoisotopic (exact) mass is 257 g/mol. The third-order valence-electron chi connectivity index (χ3n) is 2.90. The van der Waals surface area contributed by atoms with E-state index >= 15 is 0 Å². The van der Waals surface area contributed by atoms with Crippen molar-refractivity contribution in [3.05, 3.63) is 41.0 Å². The van der Waals surface area contributed by atoms with E-state index in [4.69, 9.17) is 17.0 Å². The number of nitrogens with zero attached hydrogens (tertiary/aromatic N) is 1. The first-order valence-electron chi connectivity index (χ1n) is 5.50. The molecule has 0 saturated heterocycles. The van der Waals surface area contributed by atoms with E-state index in [9.17, 15) is 0 Å². The number of ether oxygens (including phenoxy) is 1. The molecule has 0 aliphatic carbocycles. The van der Waals surface area contributed by atoms with Crippen molar-refractivity contribution in [2.75, 3.05) is 7.11 Å². The third kappa shape index (κ3) is 1.69. The van der Waals surface area contributed by atoms with Crippen molar-refractivity contribution >= 4 is 23.0 Å². The zero-order valence-electron chi connectivity index (χ0n) is 9.73. The summed E-state index contributed by atoms with van der Waals surface area (Å²) in [5.74, 6) is 0.820. The fourth-order valence-corrected chi connectivity index (χ4v) is 2.21. The molecule has 18 heavy (non-hydrogen) atoms. The summed E-state index contributed by atoms with van der Waals surface area (Å²) < 4.78 is 5.86. The molecule has 2 aromatic carbocycles. The minimum Gasteiger partial charge on any atom is -0.497 e. The van der Waals surface area contributed by atoms with Crippen LogP contribution in [0.1, 0.15) is 0 Å². The van der Waals surface area contributed by atoms with E-state index in [1.54, 1.807) is 7.11 Å². The van der Waals surface area contributed by atoms with Gasteiger partial charge in [0.05, 0.1) is 7.11 Å². The molecule has 0 atom stereocenters. The van der Waals surface area contributed by atoms with Crippen molar-refractivity contribution in [3.63, 3.8) is 0 Å². The van der Waals surface area contributed by atoms with Crippen molar-refractivity contribution in [2.45, 2.75) is 0 Å². The van der Waals surface area contributed by atoms with E-state index < -0.39 is 0 Å². The van der Waals surface area contributed by atoms with Crippen LogP contribution in [0.25, 0.3) is 22.0 Å². The second-order valence-corrected chi connectivity index (χ2v) is 4.33. The maximum atomic E-state index is 5.26. The fraction of sp³-hybridized carbons (Fsp3) is 0.0769. The van der Waals surface area contributed by atoms with Crippen molar-refractivity contribution in [1.82, 2.24) is 15.4 Å². The standard InChI is InChI=1S/C13H11N3OS/c1-17-9-6-5-8-3-2-4-10(11(8)7-9)12-13(18)15-16-14-12/h2-7H,1H3,(H2,14,15,16,18). The molecule has 0 radical (unpaired) electrons. The molecule has 0 spiro atoms. The summed E-state index contributed by atoms with van der Waals surface area (Å²) in [6, 6.07) is 12.0. The number of H-pyrrole nitrogens is 2. The highest BCUT2D eigenvalue weighted by Gasteiger charge is 2.08. The first-order chi connectivity index (χ1) is 8.79.